The molecule has 1 aromatic carbocycles. The molecule has 28 heavy (non-hydrogen) atoms. The van der Waals surface area contributed by atoms with Gasteiger partial charge in [-0.05, 0) is 55.8 Å². The lowest BCUT2D eigenvalue weighted by Gasteiger charge is -2.33. The molecule has 0 bridgehead atoms. The standard InChI is InChI=1S/C21H25BrN2O4/c22-16-13-20-19(27-9-10-28-20)11-15(16)12-21(25)23-14-17(18-5-4-8-26-18)24-6-2-1-3-7-24/h4-5,8,11,13,17H,1-3,6-7,9-10,12,14H2,(H,23,25). The second kappa shape index (κ2) is 9.01. The summed E-state index contributed by atoms with van der Waals surface area (Å²) in [6.45, 7) is 3.68. The summed E-state index contributed by atoms with van der Waals surface area (Å²) in [5, 5.41) is 3.09. The third kappa shape index (κ3) is 4.52. The average Bonchev–Trinajstić information content (AvgIpc) is 3.24. The van der Waals surface area contributed by atoms with Crippen LogP contribution in [0.2, 0.25) is 0 Å². The van der Waals surface area contributed by atoms with E-state index in [4.69, 9.17) is 13.9 Å². The summed E-state index contributed by atoms with van der Waals surface area (Å²) in [6.07, 6.45) is 5.62. The molecule has 2 aliphatic heterocycles. The van der Waals surface area contributed by atoms with Gasteiger partial charge >= 0.3 is 0 Å². The van der Waals surface area contributed by atoms with E-state index in [0.717, 1.165) is 28.9 Å². The molecular formula is C21H25BrN2O4. The first kappa shape index (κ1) is 19.3. The molecule has 1 saturated heterocycles. The number of halogens is 1. The van der Waals surface area contributed by atoms with Crippen LogP contribution in [0.4, 0.5) is 0 Å². The Bertz CT molecular complexity index is 803. The number of likely N-dealkylation sites (tertiary alicyclic amines) is 1. The third-order valence-corrected chi connectivity index (χ3v) is 6.00. The molecule has 1 aromatic heterocycles. The maximum atomic E-state index is 12.6. The largest absolute Gasteiger partial charge is 0.486 e. The summed E-state index contributed by atoms with van der Waals surface area (Å²) in [5.74, 6) is 2.29. The summed E-state index contributed by atoms with van der Waals surface area (Å²) in [5.41, 5.74) is 0.884. The first-order valence-corrected chi connectivity index (χ1v) is 10.6. The molecule has 2 aromatic rings. The smallest absolute Gasteiger partial charge is 0.224 e. The lowest BCUT2D eigenvalue weighted by molar-refractivity contribution is -0.120. The van der Waals surface area contributed by atoms with Crippen LogP contribution in [0, 0.1) is 0 Å². The summed E-state index contributed by atoms with van der Waals surface area (Å²) < 4.78 is 17.7. The topological polar surface area (TPSA) is 63.9 Å². The van der Waals surface area contributed by atoms with Gasteiger partial charge in [0.15, 0.2) is 11.5 Å². The van der Waals surface area contributed by atoms with Gasteiger partial charge in [0.05, 0.1) is 18.7 Å². The van der Waals surface area contributed by atoms with Crippen LogP contribution in [0.1, 0.15) is 36.6 Å². The van der Waals surface area contributed by atoms with Crippen molar-refractivity contribution in [2.45, 2.75) is 31.7 Å². The number of fused-ring (bicyclic) bond motifs is 1. The molecule has 0 spiro atoms. The molecule has 0 saturated carbocycles. The zero-order valence-corrected chi connectivity index (χ0v) is 17.4. The van der Waals surface area contributed by atoms with Crippen LogP contribution < -0.4 is 14.8 Å². The molecule has 1 fully saturated rings. The summed E-state index contributed by atoms with van der Waals surface area (Å²) in [6, 6.07) is 7.72. The Morgan fingerprint density at radius 1 is 1.14 bits per heavy atom. The van der Waals surface area contributed by atoms with E-state index >= 15 is 0 Å². The fourth-order valence-corrected chi connectivity index (χ4v) is 4.27. The van der Waals surface area contributed by atoms with Crippen molar-refractivity contribution in [2.75, 3.05) is 32.8 Å². The van der Waals surface area contributed by atoms with Gasteiger partial charge in [0.25, 0.3) is 0 Å². The number of piperidine rings is 1. The molecule has 0 aliphatic carbocycles. The van der Waals surface area contributed by atoms with Gasteiger partial charge in [0.1, 0.15) is 19.0 Å². The van der Waals surface area contributed by atoms with Gasteiger partial charge in [-0.25, -0.2) is 0 Å². The zero-order chi connectivity index (χ0) is 19.3. The number of hydrogen-bond donors (Lipinski definition) is 1. The molecule has 0 radical (unpaired) electrons. The lowest BCUT2D eigenvalue weighted by atomic mass is 10.1. The predicted octanol–water partition coefficient (Wildman–Crippen LogP) is 3.70. The molecule has 1 atom stereocenters. The van der Waals surface area contributed by atoms with Crippen LogP contribution in [0.5, 0.6) is 11.5 Å². The Morgan fingerprint density at radius 2 is 1.89 bits per heavy atom. The van der Waals surface area contributed by atoms with E-state index < -0.39 is 0 Å². The van der Waals surface area contributed by atoms with E-state index in [-0.39, 0.29) is 18.4 Å². The molecule has 6 nitrogen and oxygen atoms in total. The molecule has 1 N–H and O–H groups in total. The van der Waals surface area contributed by atoms with Crippen LogP contribution in [0.25, 0.3) is 0 Å². The molecule has 4 rings (SSSR count). The van der Waals surface area contributed by atoms with Crippen molar-refractivity contribution in [1.82, 2.24) is 10.2 Å². The number of furan rings is 1. The Labute approximate surface area is 173 Å². The Hall–Kier alpha value is -1.99. The van der Waals surface area contributed by atoms with Gasteiger partial charge in [0, 0.05) is 11.0 Å². The Balaban J connectivity index is 1.40. The number of hydrogen-bond acceptors (Lipinski definition) is 5. The Kier molecular flexibility index (Phi) is 6.22. The average molecular weight is 449 g/mol. The van der Waals surface area contributed by atoms with Crippen molar-refractivity contribution in [1.29, 1.82) is 0 Å². The van der Waals surface area contributed by atoms with E-state index in [1.807, 2.05) is 24.3 Å². The van der Waals surface area contributed by atoms with Crippen molar-refractivity contribution in [3.05, 3.63) is 46.3 Å². The number of benzene rings is 1. The number of rotatable bonds is 6. The second-order valence-corrected chi connectivity index (χ2v) is 8.05. The molecular weight excluding hydrogens is 424 g/mol. The predicted molar refractivity (Wildman–Crippen MR) is 109 cm³/mol. The Morgan fingerprint density at radius 3 is 2.61 bits per heavy atom. The van der Waals surface area contributed by atoms with Gasteiger partial charge in [-0.3, -0.25) is 9.69 Å². The number of nitrogens with zero attached hydrogens (tertiary/aromatic N) is 1. The summed E-state index contributed by atoms with van der Waals surface area (Å²) >= 11 is 3.54. The number of carbonyl (C=O) groups is 1. The van der Waals surface area contributed by atoms with Crippen molar-refractivity contribution in [3.8, 4) is 11.5 Å². The van der Waals surface area contributed by atoms with Crippen molar-refractivity contribution < 1.29 is 18.7 Å². The summed E-state index contributed by atoms with van der Waals surface area (Å²) in [7, 11) is 0. The van der Waals surface area contributed by atoms with Crippen LogP contribution in [-0.4, -0.2) is 43.7 Å². The fourth-order valence-electron chi connectivity index (χ4n) is 3.81. The van der Waals surface area contributed by atoms with Crippen molar-refractivity contribution in [3.63, 3.8) is 0 Å². The number of carbonyl (C=O) groups excluding carboxylic acids is 1. The summed E-state index contributed by atoms with van der Waals surface area (Å²) in [4.78, 5) is 15.0. The van der Waals surface area contributed by atoms with E-state index in [0.29, 0.717) is 31.3 Å². The fraction of sp³-hybridized carbons (Fsp3) is 0.476. The second-order valence-electron chi connectivity index (χ2n) is 7.20. The number of nitrogens with one attached hydrogen (secondary N) is 1. The zero-order valence-electron chi connectivity index (χ0n) is 15.8. The molecule has 1 unspecified atom stereocenters. The van der Waals surface area contributed by atoms with Crippen LogP contribution in [0.15, 0.2) is 39.4 Å². The third-order valence-electron chi connectivity index (χ3n) is 5.26. The number of ether oxygens (including phenoxy) is 2. The SMILES string of the molecule is O=C(Cc1cc2c(cc1Br)OCCO2)NCC(c1ccco1)N1CCCCC1. The number of amides is 1. The minimum absolute atomic E-state index is 0.0223. The van der Waals surface area contributed by atoms with E-state index in [9.17, 15) is 4.79 Å². The molecule has 1 amide bonds. The van der Waals surface area contributed by atoms with E-state index in [1.54, 1.807) is 6.26 Å². The molecule has 150 valence electrons. The van der Waals surface area contributed by atoms with Crippen molar-refractivity contribution >= 4 is 21.8 Å². The highest BCUT2D eigenvalue weighted by atomic mass is 79.9. The van der Waals surface area contributed by atoms with Crippen LogP contribution in [-0.2, 0) is 11.2 Å². The van der Waals surface area contributed by atoms with Gasteiger partial charge in [-0.1, -0.05) is 22.4 Å². The maximum Gasteiger partial charge on any atom is 0.224 e. The van der Waals surface area contributed by atoms with Gasteiger partial charge in [-0.15, -0.1) is 0 Å². The van der Waals surface area contributed by atoms with E-state index in [1.165, 1.54) is 19.3 Å². The van der Waals surface area contributed by atoms with Crippen molar-refractivity contribution in [2.24, 2.45) is 0 Å². The minimum Gasteiger partial charge on any atom is -0.486 e. The quantitative estimate of drug-likeness (QED) is 0.729. The highest BCUT2D eigenvalue weighted by Crippen LogP contribution is 2.35. The first-order chi connectivity index (χ1) is 13.7. The van der Waals surface area contributed by atoms with Crippen LogP contribution in [0.3, 0.4) is 0 Å². The normalized spacial score (nSPS) is 17.9. The first-order valence-electron chi connectivity index (χ1n) is 9.83. The lowest BCUT2D eigenvalue weighted by Crippen LogP contribution is -2.40. The molecule has 3 heterocycles. The highest BCUT2D eigenvalue weighted by molar-refractivity contribution is 9.10. The molecule has 2 aliphatic rings. The van der Waals surface area contributed by atoms with Crippen LogP contribution >= 0.6 is 15.9 Å². The minimum atomic E-state index is -0.0223. The maximum absolute atomic E-state index is 12.6. The highest BCUT2D eigenvalue weighted by Gasteiger charge is 2.25. The van der Waals surface area contributed by atoms with Gasteiger partial charge in [0.2, 0.25) is 5.91 Å². The van der Waals surface area contributed by atoms with Gasteiger partial charge in [-0.2, -0.15) is 0 Å². The van der Waals surface area contributed by atoms with Gasteiger partial charge < -0.3 is 19.2 Å². The van der Waals surface area contributed by atoms with E-state index in [2.05, 4.69) is 26.1 Å². The monoisotopic (exact) mass is 448 g/mol. The molecule has 7 heteroatoms.